The van der Waals surface area contributed by atoms with Crippen molar-refractivity contribution in [3.05, 3.63) is 94.5 Å². The largest absolute Gasteiger partial charge is 0.493 e. The van der Waals surface area contributed by atoms with Crippen LogP contribution in [0.15, 0.2) is 77.1 Å². The van der Waals surface area contributed by atoms with Crippen molar-refractivity contribution in [2.45, 2.75) is 27.7 Å². The first kappa shape index (κ1) is 32.9. The lowest BCUT2D eigenvalue weighted by Gasteiger charge is -2.39. The zero-order chi connectivity index (χ0) is 32.1. The number of carbonyl (C=O) groups excluding carboxylic acids is 1. The third kappa shape index (κ3) is 6.56. The lowest BCUT2D eigenvalue weighted by Crippen LogP contribution is -2.50. The van der Waals surface area contributed by atoms with Gasteiger partial charge in [0.15, 0.2) is 23.1 Å². The van der Waals surface area contributed by atoms with Crippen LogP contribution in [-0.4, -0.2) is 75.9 Å². The van der Waals surface area contributed by atoms with Crippen molar-refractivity contribution in [1.82, 2.24) is 9.80 Å². The van der Waals surface area contributed by atoms with Gasteiger partial charge in [0.2, 0.25) is 0 Å². The number of piperazine rings is 1. The summed E-state index contributed by atoms with van der Waals surface area (Å²) in [5, 5.41) is 0. The van der Waals surface area contributed by atoms with Gasteiger partial charge in [-0.1, -0.05) is 48.9 Å². The molecule has 0 aromatic heterocycles. The molecule has 1 fully saturated rings. The number of ether oxygens (including phenoxy) is 2. The zero-order valence-corrected chi connectivity index (χ0v) is 26.3. The van der Waals surface area contributed by atoms with Crippen LogP contribution in [0.3, 0.4) is 0 Å². The summed E-state index contributed by atoms with van der Waals surface area (Å²) in [5.41, 5.74) is 2.78. The van der Waals surface area contributed by atoms with E-state index in [1.807, 2.05) is 26.8 Å². The average molecular weight is 611 g/mol. The van der Waals surface area contributed by atoms with Crippen LogP contribution in [0, 0.1) is 17.5 Å². The first-order valence-corrected chi connectivity index (χ1v) is 14.7. The van der Waals surface area contributed by atoms with Crippen molar-refractivity contribution in [2.75, 3.05) is 69.8 Å². The van der Waals surface area contributed by atoms with Gasteiger partial charge < -0.3 is 14.4 Å². The zero-order valence-electron chi connectivity index (χ0n) is 26.3. The number of nitrogens with zero attached hydrogens (tertiary/aromatic N) is 4. The lowest BCUT2D eigenvalue weighted by atomic mass is 9.95. The van der Waals surface area contributed by atoms with Crippen LogP contribution in [0.1, 0.15) is 27.7 Å². The van der Waals surface area contributed by atoms with Gasteiger partial charge in [-0.25, -0.2) is 18.0 Å². The van der Waals surface area contributed by atoms with Crippen molar-refractivity contribution in [1.29, 1.82) is 0 Å². The van der Waals surface area contributed by atoms with Gasteiger partial charge in [-0.15, -0.1) is 0 Å². The number of hydrogen-bond acceptors (Lipinski definition) is 5. The normalized spacial score (nSPS) is 16.8. The number of carbonyl (C=O) groups is 1. The summed E-state index contributed by atoms with van der Waals surface area (Å²) in [6, 6.07) is 6.04. The molecule has 10 heteroatoms. The molecule has 7 nitrogen and oxygen atoms in total. The summed E-state index contributed by atoms with van der Waals surface area (Å²) < 4.78 is 57.1. The molecule has 2 aliphatic rings. The molecule has 236 valence electrons. The predicted octanol–water partition coefficient (Wildman–Crippen LogP) is 6.93. The number of methoxy groups -OCH3 is 2. The molecule has 0 aliphatic carbocycles. The van der Waals surface area contributed by atoms with Crippen molar-refractivity contribution in [3.63, 3.8) is 0 Å². The quantitative estimate of drug-likeness (QED) is 0.273. The fourth-order valence-corrected chi connectivity index (χ4v) is 5.63. The minimum Gasteiger partial charge on any atom is -0.493 e. The molecule has 2 aromatic carbocycles. The number of anilines is 2. The summed E-state index contributed by atoms with van der Waals surface area (Å²) in [6.07, 6.45) is 3.54. The molecule has 0 bridgehead atoms. The van der Waals surface area contributed by atoms with E-state index in [4.69, 9.17) is 9.47 Å². The van der Waals surface area contributed by atoms with Gasteiger partial charge in [0.05, 0.1) is 32.1 Å². The number of para-hydroxylation sites is 1. The molecule has 2 heterocycles. The second-order valence-electron chi connectivity index (χ2n) is 11.1. The van der Waals surface area contributed by atoms with E-state index >= 15 is 13.2 Å². The third-order valence-corrected chi connectivity index (χ3v) is 8.01. The van der Waals surface area contributed by atoms with Crippen LogP contribution in [0.2, 0.25) is 0 Å². The molecule has 0 atom stereocenters. The molecular weight excluding hydrogens is 569 g/mol. The minimum absolute atomic E-state index is 0.0623. The highest BCUT2D eigenvalue weighted by Gasteiger charge is 2.39. The number of halogens is 3. The maximum absolute atomic E-state index is 15.7. The highest BCUT2D eigenvalue weighted by molar-refractivity contribution is 6.09. The Morgan fingerprint density at radius 3 is 2.07 bits per heavy atom. The van der Waals surface area contributed by atoms with Crippen molar-refractivity contribution in [2.24, 2.45) is 0 Å². The van der Waals surface area contributed by atoms with E-state index in [-0.39, 0.29) is 23.7 Å². The Kier molecular flexibility index (Phi) is 10.6. The molecule has 2 aromatic rings. The average Bonchev–Trinajstić information content (AvgIpc) is 3.01. The Labute approximate surface area is 258 Å². The van der Waals surface area contributed by atoms with Crippen molar-refractivity contribution in [3.8, 4) is 11.5 Å². The number of likely N-dealkylation sites (N-methyl/N-ethyl adjacent to an activating group) is 1. The highest BCUT2D eigenvalue weighted by atomic mass is 19.1. The second kappa shape index (κ2) is 14.2. The van der Waals surface area contributed by atoms with Gasteiger partial charge in [0, 0.05) is 38.8 Å². The number of hydrogen-bond donors (Lipinski definition) is 0. The fourth-order valence-electron chi connectivity index (χ4n) is 5.63. The summed E-state index contributed by atoms with van der Waals surface area (Å²) in [4.78, 5) is 21.3. The Morgan fingerprint density at radius 1 is 0.955 bits per heavy atom. The van der Waals surface area contributed by atoms with E-state index in [1.165, 1.54) is 43.4 Å². The molecule has 0 unspecified atom stereocenters. The van der Waals surface area contributed by atoms with Gasteiger partial charge in [0.25, 0.3) is 0 Å². The molecule has 2 aliphatic heterocycles. The Hall–Kier alpha value is -4.02. The molecule has 44 heavy (non-hydrogen) atoms. The van der Waals surface area contributed by atoms with E-state index in [1.54, 1.807) is 6.07 Å². The number of amides is 2. The summed E-state index contributed by atoms with van der Waals surface area (Å²) in [7, 11) is 2.46. The molecule has 1 saturated heterocycles. The standard InChI is InChI=1S/C34H41F3N4O3/c1-8-24-21-40(33-30(36)28(43-6)19-29(44-7)31(33)37)34(42)41(27-13-11-10-12-26(27)35)32(24)25(22(3)4)18-23(5)20-39-16-14-38(9-2)15-17-39/h8,10-13,18-19H,1,9,14-17,20-21H2,2-7H3. The first-order chi connectivity index (χ1) is 21.1. The maximum atomic E-state index is 15.7. The van der Waals surface area contributed by atoms with Gasteiger partial charge in [0.1, 0.15) is 11.5 Å². The molecule has 0 radical (unpaired) electrons. The Balaban J connectivity index is 1.88. The second-order valence-corrected chi connectivity index (χ2v) is 11.1. The molecule has 0 N–H and O–H groups in total. The van der Waals surface area contributed by atoms with Crippen molar-refractivity contribution < 1.29 is 27.4 Å². The first-order valence-electron chi connectivity index (χ1n) is 14.7. The highest BCUT2D eigenvalue weighted by Crippen LogP contribution is 2.42. The van der Waals surface area contributed by atoms with E-state index in [9.17, 15) is 4.79 Å². The third-order valence-electron chi connectivity index (χ3n) is 8.01. The monoisotopic (exact) mass is 610 g/mol. The molecule has 0 saturated carbocycles. The Bertz CT molecular complexity index is 1480. The van der Waals surface area contributed by atoms with Crippen molar-refractivity contribution >= 4 is 17.4 Å². The van der Waals surface area contributed by atoms with Crippen LogP contribution in [0.25, 0.3) is 0 Å². The van der Waals surface area contributed by atoms with Gasteiger partial charge >= 0.3 is 6.03 Å². The van der Waals surface area contributed by atoms with Crippen LogP contribution >= 0.6 is 0 Å². The van der Waals surface area contributed by atoms with Crippen LogP contribution in [0.4, 0.5) is 29.3 Å². The molecular formula is C34H41F3N4O3. The van der Waals surface area contributed by atoms with Gasteiger partial charge in [-0.05, 0) is 50.6 Å². The van der Waals surface area contributed by atoms with Gasteiger partial charge in [-0.3, -0.25) is 14.7 Å². The number of benzene rings is 2. The maximum Gasteiger partial charge on any atom is 0.334 e. The van der Waals surface area contributed by atoms with Crippen LogP contribution in [0.5, 0.6) is 11.5 Å². The minimum atomic E-state index is -1.08. The molecule has 2 amide bonds. The molecule has 0 spiro atoms. The SMILES string of the molecule is C=CC1=C(C(C=C(C)CN2CCN(CC)CC2)=C(C)C)N(c2ccccc2F)C(=O)N(c2c(F)c(OC)cc(OC)c2F)C1. The van der Waals surface area contributed by atoms with Crippen LogP contribution < -0.4 is 19.3 Å². The number of allylic oxidation sites excluding steroid dienone is 2. The topological polar surface area (TPSA) is 48.5 Å². The van der Waals surface area contributed by atoms with E-state index in [2.05, 4.69) is 23.3 Å². The smallest absolute Gasteiger partial charge is 0.334 e. The summed E-state index contributed by atoms with van der Waals surface area (Å²) in [5.74, 6) is -3.44. The predicted molar refractivity (Wildman–Crippen MR) is 169 cm³/mol. The molecule has 4 rings (SSSR count). The van der Waals surface area contributed by atoms with Gasteiger partial charge in [-0.2, -0.15) is 0 Å². The van der Waals surface area contributed by atoms with Crippen LogP contribution in [-0.2, 0) is 0 Å². The number of urea groups is 1. The van der Waals surface area contributed by atoms with E-state index in [0.29, 0.717) is 16.8 Å². The lowest BCUT2D eigenvalue weighted by molar-refractivity contribution is 0.146. The number of rotatable bonds is 10. The summed E-state index contributed by atoms with van der Waals surface area (Å²) in [6.45, 7) is 17.4. The summed E-state index contributed by atoms with van der Waals surface area (Å²) >= 11 is 0. The van der Waals surface area contributed by atoms with E-state index < -0.39 is 29.2 Å². The Morgan fingerprint density at radius 2 is 1.55 bits per heavy atom. The van der Waals surface area contributed by atoms with E-state index in [0.717, 1.165) is 61.4 Å². The fraction of sp³-hybridized carbons (Fsp3) is 0.382.